The number of aromatic nitrogens is 2. The van der Waals surface area contributed by atoms with E-state index in [0.29, 0.717) is 10.1 Å². The fraction of sp³-hybridized carbons (Fsp3) is 0.273. The molecule has 0 fully saturated rings. The fourth-order valence-electron chi connectivity index (χ4n) is 2.81. The zero-order valence-corrected chi connectivity index (χ0v) is 18.5. The molecule has 0 aliphatic rings. The Balaban J connectivity index is 2.41. The third-order valence-electron chi connectivity index (χ3n) is 4.43. The van der Waals surface area contributed by atoms with Gasteiger partial charge in [0.2, 0.25) is 5.78 Å². The molecule has 12 nitrogen and oxygen atoms in total. The molecule has 0 radical (unpaired) electrons. The normalized spacial score (nSPS) is 10.6. The van der Waals surface area contributed by atoms with Gasteiger partial charge < -0.3 is 19.9 Å². The van der Waals surface area contributed by atoms with Crippen LogP contribution in [0, 0.1) is 0 Å². The lowest BCUT2D eigenvalue weighted by atomic mass is 10.2. The molecule has 2 aromatic rings. The van der Waals surface area contributed by atoms with Gasteiger partial charge in [-0.15, -0.1) is 0 Å². The van der Waals surface area contributed by atoms with E-state index >= 15 is 0 Å². The molecular weight excluding hydrogens is 450 g/mol. The minimum absolute atomic E-state index is 0.102. The summed E-state index contributed by atoms with van der Waals surface area (Å²) in [6, 6.07) is 8.59. The molecule has 2 N–H and O–H groups in total. The number of Topliss-reactive ketones (excluding diaryl/α,β-unsaturated/α-hetero) is 1. The molecule has 0 saturated carbocycles. The summed E-state index contributed by atoms with van der Waals surface area (Å²) in [6.45, 7) is -0.0853. The van der Waals surface area contributed by atoms with Gasteiger partial charge in [-0.1, -0.05) is 30.3 Å². The lowest BCUT2D eigenvalue weighted by Crippen LogP contribution is -2.46. The Kier molecular flexibility index (Phi) is 9.06. The molecule has 0 amide bonds. The number of anilines is 1. The number of esters is 3. The van der Waals surface area contributed by atoms with Crippen LogP contribution in [-0.2, 0) is 41.7 Å². The van der Waals surface area contributed by atoms with Gasteiger partial charge in [-0.25, -0.2) is 19.0 Å². The highest BCUT2D eigenvalue weighted by Crippen LogP contribution is 2.10. The lowest BCUT2D eigenvalue weighted by Gasteiger charge is -2.16. The number of carbonyl (C=O) groups excluding carboxylic acids is 4. The number of ketones is 1. The predicted octanol–water partition coefficient (Wildman–Crippen LogP) is -0.341. The quantitative estimate of drug-likeness (QED) is 0.209. The van der Waals surface area contributed by atoms with Gasteiger partial charge in [0.25, 0.3) is 5.56 Å². The van der Waals surface area contributed by atoms with Crippen molar-refractivity contribution in [3.63, 3.8) is 0 Å². The van der Waals surface area contributed by atoms with Crippen LogP contribution in [0.4, 0.5) is 5.82 Å². The minimum Gasteiger partial charge on any atom is -0.468 e. The monoisotopic (exact) mass is 473 g/mol. The molecule has 0 saturated heterocycles. The standard InChI is InChI=1S/C22H23N3O9/c1-3-33-16(27)9-10-17(28)34-13-15(26)19-20(23)24(11-14-7-5-4-6-8-14)22(31)25(21(19)30)12-18(29)32-2/h4-10H,3,11-13,23H2,1-2H3. The van der Waals surface area contributed by atoms with E-state index in [2.05, 4.69) is 9.47 Å². The van der Waals surface area contributed by atoms with E-state index in [1.165, 1.54) is 0 Å². The minimum atomic E-state index is -1.14. The number of ether oxygens (including phenoxy) is 3. The van der Waals surface area contributed by atoms with Crippen LogP contribution in [0.3, 0.4) is 0 Å². The van der Waals surface area contributed by atoms with Gasteiger partial charge in [0.05, 0.1) is 20.3 Å². The number of nitrogen functional groups attached to an aromatic ring is 1. The summed E-state index contributed by atoms with van der Waals surface area (Å²) in [5.41, 5.74) is 3.93. The molecule has 2 rings (SSSR count). The van der Waals surface area contributed by atoms with Crippen LogP contribution in [-0.4, -0.2) is 53.1 Å². The zero-order chi connectivity index (χ0) is 25.3. The van der Waals surface area contributed by atoms with Crippen molar-refractivity contribution in [3.05, 3.63) is 74.4 Å². The molecule has 0 aliphatic carbocycles. The molecule has 0 bridgehead atoms. The van der Waals surface area contributed by atoms with Crippen LogP contribution in [0.25, 0.3) is 0 Å². The van der Waals surface area contributed by atoms with E-state index < -0.39 is 59.5 Å². The van der Waals surface area contributed by atoms with Gasteiger partial charge in [0.1, 0.15) is 17.9 Å². The van der Waals surface area contributed by atoms with E-state index in [-0.39, 0.29) is 13.2 Å². The highest BCUT2D eigenvalue weighted by Gasteiger charge is 2.25. The number of methoxy groups -OCH3 is 1. The van der Waals surface area contributed by atoms with E-state index in [1.54, 1.807) is 37.3 Å². The van der Waals surface area contributed by atoms with E-state index in [1.807, 2.05) is 0 Å². The summed E-state index contributed by atoms with van der Waals surface area (Å²) in [5.74, 6) is -4.20. The van der Waals surface area contributed by atoms with Gasteiger partial charge in [-0.2, -0.15) is 0 Å². The van der Waals surface area contributed by atoms with E-state index in [4.69, 9.17) is 10.5 Å². The maximum atomic E-state index is 12.9. The van der Waals surface area contributed by atoms with Crippen molar-refractivity contribution in [2.45, 2.75) is 20.0 Å². The number of benzene rings is 1. The molecule has 180 valence electrons. The van der Waals surface area contributed by atoms with E-state index in [9.17, 15) is 28.8 Å². The first-order valence-electron chi connectivity index (χ1n) is 9.98. The Morgan fingerprint density at radius 1 is 0.971 bits per heavy atom. The second-order valence-corrected chi connectivity index (χ2v) is 6.70. The topological polar surface area (TPSA) is 166 Å². The van der Waals surface area contributed by atoms with Crippen LogP contribution in [0.2, 0.25) is 0 Å². The van der Waals surface area contributed by atoms with E-state index in [0.717, 1.165) is 23.8 Å². The van der Waals surface area contributed by atoms with Crippen LogP contribution in [0.5, 0.6) is 0 Å². The van der Waals surface area contributed by atoms with Crippen LogP contribution >= 0.6 is 0 Å². The molecule has 0 unspecified atom stereocenters. The summed E-state index contributed by atoms with van der Waals surface area (Å²) >= 11 is 0. The van der Waals surface area contributed by atoms with Gasteiger partial charge in [-0.05, 0) is 12.5 Å². The Morgan fingerprint density at radius 2 is 1.59 bits per heavy atom. The molecule has 0 spiro atoms. The number of nitrogens with two attached hydrogens (primary N) is 1. The molecule has 0 atom stereocenters. The Hall–Kier alpha value is -4.48. The lowest BCUT2D eigenvalue weighted by molar-refractivity contribution is -0.141. The van der Waals surface area contributed by atoms with Crippen molar-refractivity contribution in [2.75, 3.05) is 26.1 Å². The third kappa shape index (κ3) is 6.51. The van der Waals surface area contributed by atoms with Crippen LogP contribution < -0.4 is 17.0 Å². The average Bonchev–Trinajstić information content (AvgIpc) is 2.82. The van der Waals surface area contributed by atoms with Crippen molar-refractivity contribution in [1.82, 2.24) is 9.13 Å². The van der Waals surface area contributed by atoms with Crippen molar-refractivity contribution in [2.24, 2.45) is 0 Å². The third-order valence-corrected chi connectivity index (χ3v) is 4.43. The average molecular weight is 473 g/mol. The fourth-order valence-corrected chi connectivity index (χ4v) is 2.81. The van der Waals surface area contributed by atoms with Gasteiger partial charge in [-0.3, -0.25) is 19.0 Å². The van der Waals surface area contributed by atoms with Crippen molar-refractivity contribution in [3.8, 4) is 0 Å². The maximum absolute atomic E-state index is 12.9. The van der Waals surface area contributed by atoms with Gasteiger partial charge >= 0.3 is 23.6 Å². The number of carbonyl (C=O) groups is 4. The maximum Gasteiger partial charge on any atom is 0.333 e. The first-order chi connectivity index (χ1) is 16.2. The van der Waals surface area contributed by atoms with Crippen molar-refractivity contribution in [1.29, 1.82) is 0 Å². The summed E-state index contributed by atoms with van der Waals surface area (Å²) in [4.78, 5) is 73.3. The first kappa shape index (κ1) is 25.8. The first-order valence-corrected chi connectivity index (χ1v) is 9.98. The second-order valence-electron chi connectivity index (χ2n) is 6.70. The predicted molar refractivity (Wildman–Crippen MR) is 118 cm³/mol. The number of hydrogen-bond donors (Lipinski definition) is 1. The van der Waals surface area contributed by atoms with Gasteiger partial charge in [0.15, 0.2) is 6.61 Å². The molecule has 1 aromatic carbocycles. The summed E-state index contributed by atoms with van der Waals surface area (Å²) < 4.78 is 15.4. The number of rotatable bonds is 10. The van der Waals surface area contributed by atoms with Crippen molar-refractivity contribution >= 4 is 29.5 Å². The molecule has 1 heterocycles. The summed E-state index contributed by atoms with van der Waals surface area (Å²) in [6.07, 6.45) is 1.56. The molecule has 34 heavy (non-hydrogen) atoms. The number of hydrogen-bond acceptors (Lipinski definition) is 10. The molecule has 1 aromatic heterocycles. The highest BCUT2D eigenvalue weighted by molar-refractivity contribution is 6.02. The smallest absolute Gasteiger partial charge is 0.333 e. The highest BCUT2D eigenvalue weighted by atomic mass is 16.5. The Bertz CT molecular complexity index is 1230. The zero-order valence-electron chi connectivity index (χ0n) is 18.5. The van der Waals surface area contributed by atoms with Crippen molar-refractivity contribution < 1.29 is 33.4 Å². The SMILES string of the molecule is CCOC(=O)C=CC(=O)OCC(=O)c1c(N)n(Cc2ccccc2)c(=O)n(CC(=O)OC)c1=O. The number of nitrogens with zero attached hydrogens (tertiary/aromatic N) is 2. The van der Waals surface area contributed by atoms with Gasteiger partial charge in [0, 0.05) is 12.2 Å². The Morgan fingerprint density at radius 3 is 2.18 bits per heavy atom. The molecule has 0 aliphatic heterocycles. The largest absolute Gasteiger partial charge is 0.468 e. The summed E-state index contributed by atoms with van der Waals surface area (Å²) in [7, 11) is 1.07. The van der Waals surface area contributed by atoms with Crippen LogP contribution in [0.15, 0.2) is 52.1 Å². The molecular formula is C22H23N3O9. The second kappa shape index (κ2) is 11.9. The Labute approximate surface area is 193 Å². The van der Waals surface area contributed by atoms with Crippen LogP contribution in [0.1, 0.15) is 22.8 Å². The summed E-state index contributed by atoms with van der Waals surface area (Å²) in [5, 5.41) is 0. The molecule has 12 heteroatoms.